The van der Waals surface area contributed by atoms with Gasteiger partial charge in [0.05, 0.1) is 5.56 Å². The molecule has 0 spiro atoms. The Morgan fingerprint density at radius 1 is 0.279 bits per heavy atom. The number of benzene rings is 10. The first-order valence-corrected chi connectivity index (χ1v) is 20.6. The second-order valence-corrected chi connectivity index (χ2v) is 15.5. The van der Waals surface area contributed by atoms with E-state index >= 15 is 0 Å². The van der Waals surface area contributed by atoms with Gasteiger partial charge in [-0.2, -0.15) is 0 Å². The summed E-state index contributed by atoms with van der Waals surface area (Å²) in [5.41, 5.74) is 11.3. The van der Waals surface area contributed by atoms with Crippen LogP contribution in [0.3, 0.4) is 0 Å². The number of fused-ring (bicyclic) bond motifs is 7. The van der Waals surface area contributed by atoms with Crippen LogP contribution >= 0.6 is 0 Å². The molecule has 2 heterocycles. The zero-order valence-electron chi connectivity index (χ0n) is 33.0. The van der Waals surface area contributed by atoms with Crippen LogP contribution < -0.4 is 0 Å². The fourth-order valence-electron chi connectivity index (χ4n) is 9.03. The van der Waals surface area contributed by atoms with Gasteiger partial charge in [0.15, 0.2) is 17.5 Å². The monoisotopic (exact) mass is 777 g/mol. The van der Waals surface area contributed by atoms with E-state index in [9.17, 15) is 0 Å². The molecule has 0 atom stereocenters. The molecule has 4 heteroatoms. The van der Waals surface area contributed by atoms with Gasteiger partial charge in [-0.15, -0.1) is 0 Å². The number of hydrogen-bond donors (Lipinski definition) is 0. The van der Waals surface area contributed by atoms with Gasteiger partial charge in [-0.25, -0.2) is 15.0 Å². The minimum absolute atomic E-state index is 0.562. The van der Waals surface area contributed by atoms with Gasteiger partial charge in [0.1, 0.15) is 11.2 Å². The first-order chi connectivity index (χ1) is 30.2. The molecule has 0 aliphatic heterocycles. The Hall–Kier alpha value is -8.21. The van der Waals surface area contributed by atoms with Crippen molar-refractivity contribution >= 4 is 54.3 Å². The zero-order valence-corrected chi connectivity index (χ0v) is 33.0. The summed E-state index contributed by atoms with van der Waals surface area (Å²) in [6.07, 6.45) is 0. The van der Waals surface area contributed by atoms with E-state index in [-0.39, 0.29) is 0 Å². The van der Waals surface area contributed by atoms with Crippen molar-refractivity contribution in [3.05, 3.63) is 212 Å². The maximum atomic E-state index is 6.46. The van der Waals surface area contributed by atoms with E-state index in [1.165, 1.54) is 54.6 Å². The Morgan fingerprint density at radius 2 is 0.885 bits per heavy atom. The summed E-state index contributed by atoms with van der Waals surface area (Å²) in [6, 6.07) is 74.9. The summed E-state index contributed by atoms with van der Waals surface area (Å²) < 4.78 is 6.46. The first kappa shape index (κ1) is 34.8. The molecule has 4 nitrogen and oxygen atoms in total. The Balaban J connectivity index is 1.02. The summed E-state index contributed by atoms with van der Waals surface area (Å²) in [5, 5.41) is 9.35. The zero-order chi connectivity index (χ0) is 40.3. The first-order valence-electron chi connectivity index (χ1n) is 20.6. The highest BCUT2D eigenvalue weighted by molar-refractivity contribution is 6.16. The molecule has 0 bridgehead atoms. The molecule has 12 rings (SSSR count). The third kappa shape index (κ3) is 5.96. The molecule has 61 heavy (non-hydrogen) atoms. The summed E-state index contributed by atoms with van der Waals surface area (Å²) in [7, 11) is 0. The Kier molecular flexibility index (Phi) is 8.13. The lowest BCUT2D eigenvalue weighted by Gasteiger charge is -2.17. The molecule has 0 aliphatic rings. The SMILES string of the molecule is c1ccc(-c2nc(-c3cccc(-c4cc5ccc(-c6c(-c7ccccc7)ccc7ccccc67)cc5c5ccccc45)c3)nc(-c3cccc4c3oc3ccccc34)n2)cc1. The molecule has 284 valence electrons. The van der Waals surface area contributed by atoms with Crippen LogP contribution in [-0.4, -0.2) is 15.0 Å². The van der Waals surface area contributed by atoms with Gasteiger partial charge < -0.3 is 4.42 Å². The van der Waals surface area contributed by atoms with Crippen molar-refractivity contribution < 1.29 is 4.42 Å². The number of nitrogens with zero attached hydrogens (tertiary/aromatic N) is 3. The third-order valence-corrected chi connectivity index (χ3v) is 11.9. The molecule has 0 N–H and O–H groups in total. The average molecular weight is 778 g/mol. The van der Waals surface area contributed by atoms with Crippen LogP contribution in [-0.2, 0) is 0 Å². The minimum atomic E-state index is 0.562. The maximum absolute atomic E-state index is 6.46. The predicted molar refractivity (Wildman–Crippen MR) is 252 cm³/mol. The van der Waals surface area contributed by atoms with Crippen molar-refractivity contribution in [2.45, 2.75) is 0 Å². The van der Waals surface area contributed by atoms with Crippen molar-refractivity contribution in [3.63, 3.8) is 0 Å². The Labute approximate surface area is 352 Å². The van der Waals surface area contributed by atoms with E-state index in [1.54, 1.807) is 0 Å². The van der Waals surface area contributed by atoms with Gasteiger partial charge in [0.2, 0.25) is 0 Å². The van der Waals surface area contributed by atoms with Crippen LogP contribution in [0.5, 0.6) is 0 Å². The molecule has 0 aliphatic carbocycles. The normalized spacial score (nSPS) is 11.6. The smallest absolute Gasteiger partial charge is 0.167 e. The van der Waals surface area contributed by atoms with Crippen molar-refractivity contribution in [1.29, 1.82) is 0 Å². The lowest BCUT2D eigenvalue weighted by molar-refractivity contribution is 0.669. The standard InChI is InChI=1S/C57H35N3O/c1-3-15-36(16-4-1)44-32-31-37-17-7-8-22-43(37)53(44)41-30-29-40-34-50(45-23-9-10-24-46(45)51(40)35-41)39-20-13-21-42(33-39)56-58-55(38-18-5-2-6-19-38)59-57(60-56)49-27-14-26-48-47-25-11-12-28-52(47)61-54(48)49/h1-35H. The number of rotatable bonds is 6. The van der Waals surface area contributed by atoms with Gasteiger partial charge in [-0.05, 0) is 96.0 Å². The number of furan rings is 1. The molecular formula is C57H35N3O. The van der Waals surface area contributed by atoms with Crippen molar-refractivity contribution in [1.82, 2.24) is 15.0 Å². The second kappa shape index (κ2) is 14.3. The molecule has 0 fully saturated rings. The largest absolute Gasteiger partial charge is 0.455 e. The minimum Gasteiger partial charge on any atom is -0.455 e. The van der Waals surface area contributed by atoms with E-state index in [0.717, 1.165) is 49.8 Å². The predicted octanol–water partition coefficient (Wildman–Crippen LogP) is 15.2. The van der Waals surface area contributed by atoms with Crippen molar-refractivity contribution in [2.75, 3.05) is 0 Å². The molecule has 0 unspecified atom stereocenters. The van der Waals surface area contributed by atoms with Crippen molar-refractivity contribution in [3.8, 4) is 67.5 Å². The quantitative estimate of drug-likeness (QED) is 0.158. The Morgan fingerprint density at radius 3 is 1.72 bits per heavy atom. The molecule has 0 saturated carbocycles. The average Bonchev–Trinajstić information content (AvgIpc) is 3.73. The molecule has 0 radical (unpaired) electrons. The highest BCUT2D eigenvalue weighted by Gasteiger charge is 2.19. The third-order valence-electron chi connectivity index (χ3n) is 11.9. The molecule has 2 aromatic heterocycles. The fraction of sp³-hybridized carbons (Fsp3) is 0. The summed E-state index contributed by atoms with van der Waals surface area (Å²) in [6.45, 7) is 0. The van der Waals surface area contributed by atoms with Crippen LogP contribution in [0.1, 0.15) is 0 Å². The lowest BCUT2D eigenvalue weighted by atomic mass is 9.87. The van der Waals surface area contributed by atoms with Gasteiger partial charge in [0, 0.05) is 21.9 Å². The number of para-hydroxylation sites is 2. The highest BCUT2D eigenvalue weighted by atomic mass is 16.3. The maximum Gasteiger partial charge on any atom is 0.167 e. The van der Waals surface area contributed by atoms with E-state index in [0.29, 0.717) is 17.5 Å². The number of aromatic nitrogens is 3. The van der Waals surface area contributed by atoms with Gasteiger partial charge in [0.25, 0.3) is 0 Å². The molecule has 12 aromatic rings. The van der Waals surface area contributed by atoms with Crippen LogP contribution in [0.4, 0.5) is 0 Å². The summed E-state index contributed by atoms with van der Waals surface area (Å²) in [5.74, 6) is 1.76. The topological polar surface area (TPSA) is 51.8 Å². The van der Waals surface area contributed by atoms with E-state index in [1.807, 2.05) is 60.7 Å². The Bertz CT molecular complexity index is 3650. The van der Waals surface area contributed by atoms with Gasteiger partial charge >= 0.3 is 0 Å². The van der Waals surface area contributed by atoms with Gasteiger partial charge in [-0.1, -0.05) is 182 Å². The van der Waals surface area contributed by atoms with E-state index in [4.69, 9.17) is 19.4 Å². The fourth-order valence-corrected chi connectivity index (χ4v) is 9.03. The van der Waals surface area contributed by atoms with Crippen LogP contribution in [0.2, 0.25) is 0 Å². The van der Waals surface area contributed by atoms with Crippen molar-refractivity contribution in [2.24, 2.45) is 0 Å². The van der Waals surface area contributed by atoms with E-state index in [2.05, 4.69) is 152 Å². The highest BCUT2D eigenvalue weighted by Crippen LogP contribution is 2.43. The summed E-state index contributed by atoms with van der Waals surface area (Å²) >= 11 is 0. The summed E-state index contributed by atoms with van der Waals surface area (Å²) in [4.78, 5) is 15.3. The van der Waals surface area contributed by atoms with Crippen LogP contribution in [0.15, 0.2) is 217 Å². The lowest BCUT2D eigenvalue weighted by Crippen LogP contribution is -2.00. The second-order valence-electron chi connectivity index (χ2n) is 15.5. The molecular weight excluding hydrogens is 743 g/mol. The molecule has 0 saturated heterocycles. The molecule has 0 amide bonds. The van der Waals surface area contributed by atoms with Crippen LogP contribution in [0.25, 0.3) is 122 Å². The number of hydrogen-bond acceptors (Lipinski definition) is 4. The van der Waals surface area contributed by atoms with Gasteiger partial charge in [-0.3, -0.25) is 0 Å². The van der Waals surface area contributed by atoms with E-state index < -0.39 is 0 Å². The van der Waals surface area contributed by atoms with Crippen LogP contribution in [0, 0.1) is 0 Å². The molecule has 10 aromatic carbocycles.